The Morgan fingerprint density at radius 1 is 1.00 bits per heavy atom. The molecule has 1 fully saturated rings. The number of carbonyl (C=O) groups is 1. The van der Waals surface area contributed by atoms with Gasteiger partial charge >= 0.3 is 5.69 Å². The molecular formula is C28H28N4O4. The first kappa shape index (κ1) is 23.5. The first-order valence-electron chi connectivity index (χ1n) is 12.0. The molecule has 36 heavy (non-hydrogen) atoms. The minimum absolute atomic E-state index is 0.0651. The van der Waals surface area contributed by atoms with Crippen molar-refractivity contribution in [2.45, 2.75) is 33.2 Å². The van der Waals surface area contributed by atoms with Gasteiger partial charge in [-0.25, -0.2) is 14.3 Å². The van der Waals surface area contributed by atoms with Gasteiger partial charge in [0, 0.05) is 18.8 Å². The van der Waals surface area contributed by atoms with Crippen molar-refractivity contribution in [2.75, 3.05) is 20.2 Å². The summed E-state index contributed by atoms with van der Waals surface area (Å²) in [5.74, 6) is 0.241. The molecule has 184 valence electrons. The Kier molecular flexibility index (Phi) is 6.18. The van der Waals surface area contributed by atoms with Crippen molar-refractivity contribution in [2.24, 2.45) is 0 Å². The predicted molar refractivity (Wildman–Crippen MR) is 138 cm³/mol. The number of hydrogen-bond acceptors (Lipinski definition) is 5. The Hall–Kier alpha value is -4.20. The Labute approximate surface area is 208 Å². The third kappa shape index (κ3) is 4.08. The van der Waals surface area contributed by atoms with Gasteiger partial charge in [-0.1, -0.05) is 42.0 Å². The number of benzene rings is 2. The van der Waals surface area contributed by atoms with Crippen LogP contribution in [0.5, 0.6) is 5.75 Å². The summed E-state index contributed by atoms with van der Waals surface area (Å²) in [4.78, 5) is 47.8. The molecule has 0 unspecified atom stereocenters. The van der Waals surface area contributed by atoms with Crippen molar-refractivity contribution in [3.63, 3.8) is 0 Å². The molecule has 1 aliphatic rings. The van der Waals surface area contributed by atoms with Crippen LogP contribution >= 0.6 is 0 Å². The number of methoxy groups -OCH3 is 1. The van der Waals surface area contributed by atoms with Gasteiger partial charge in [0.2, 0.25) is 0 Å². The molecule has 8 nitrogen and oxygen atoms in total. The molecule has 1 aliphatic heterocycles. The Morgan fingerprint density at radius 2 is 1.75 bits per heavy atom. The van der Waals surface area contributed by atoms with Crippen molar-refractivity contribution >= 4 is 16.9 Å². The van der Waals surface area contributed by atoms with Crippen LogP contribution in [0, 0.1) is 13.8 Å². The molecule has 4 aromatic rings. The zero-order valence-corrected chi connectivity index (χ0v) is 20.7. The molecule has 0 atom stereocenters. The van der Waals surface area contributed by atoms with Gasteiger partial charge in [-0.3, -0.25) is 14.2 Å². The van der Waals surface area contributed by atoms with Gasteiger partial charge in [-0.2, -0.15) is 0 Å². The van der Waals surface area contributed by atoms with Crippen LogP contribution in [-0.2, 0) is 6.54 Å². The summed E-state index contributed by atoms with van der Waals surface area (Å²) in [6.07, 6.45) is 1.86. The number of aryl methyl sites for hydroxylation is 2. The average molecular weight is 485 g/mol. The fourth-order valence-corrected chi connectivity index (χ4v) is 4.89. The largest absolute Gasteiger partial charge is 0.495 e. The van der Waals surface area contributed by atoms with E-state index in [0.717, 1.165) is 24.0 Å². The van der Waals surface area contributed by atoms with E-state index in [9.17, 15) is 14.4 Å². The van der Waals surface area contributed by atoms with Gasteiger partial charge in [0.25, 0.3) is 11.5 Å². The van der Waals surface area contributed by atoms with E-state index in [0.29, 0.717) is 30.2 Å². The Bertz CT molecular complexity index is 1600. The zero-order chi connectivity index (χ0) is 25.4. The molecule has 0 radical (unpaired) electrons. The summed E-state index contributed by atoms with van der Waals surface area (Å²) in [7, 11) is 1.52. The van der Waals surface area contributed by atoms with Crippen LogP contribution in [0.3, 0.4) is 0 Å². The maximum atomic E-state index is 13.9. The number of nitrogens with zero attached hydrogens (tertiary/aromatic N) is 4. The molecule has 0 bridgehead atoms. The van der Waals surface area contributed by atoms with Gasteiger partial charge in [0.15, 0.2) is 5.65 Å². The minimum atomic E-state index is -0.545. The Balaban J connectivity index is 1.87. The average Bonchev–Trinajstić information content (AvgIpc) is 3.41. The number of ether oxygens (including phenoxy) is 1. The van der Waals surface area contributed by atoms with Crippen LogP contribution in [0.1, 0.15) is 40.0 Å². The van der Waals surface area contributed by atoms with E-state index >= 15 is 0 Å². The highest BCUT2D eigenvalue weighted by atomic mass is 16.5. The number of aromatic nitrogens is 3. The van der Waals surface area contributed by atoms with Crippen LogP contribution < -0.4 is 16.0 Å². The fourth-order valence-electron chi connectivity index (χ4n) is 4.89. The second kappa shape index (κ2) is 9.45. The molecule has 5 rings (SSSR count). The van der Waals surface area contributed by atoms with Crippen molar-refractivity contribution in [3.8, 4) is 11.4 Å². The summed E-state index contributed by atoms with van der Waals surface area (Å²) in [5.41, 5.74) is 2.17. The third-order valence-electron chi connectivity index (χ3n) is 6.59. The van der Waals surface area contributed by atoms with Gasteiger partial charge in [0.1, 0.15) is 5.75 Å². The predicted octanol–water partition coefficient (Wildman–Crippen LogP) is 3.46. The molecule has 0 aliphatic carbocycles. The molecule has 2 aromatic carbocycles. The lowest BCUT2D eigenvalue weighted by Crippen LogP contribution is -2.41. The van der Waals surface area contributed by atoms with Crippen LogP contribution in [0.25, 0.3) is 16.7 Å². The summed E-state index contributed by atoms with van der Waals surface area (Å²) < 4.78 is 8.12. The number of para-hydroxylation sites is 2. The highest BCUT2D eigenvalue weighted by Crippen LogP contribution is 2.25. The van der Waals surface area contributed by atoms with E-state index in [-0.39, 0.29) is 29.0 Å². The molecular weight excluding hydrogens is 456 g/mol. The summed E-state index contributed by atoms with van der Waals surface area (Å²) in [6, 6.07) is 16.4. The second-order valence-electron chi connectivity index (χ2n) is 9.18. The molecule has 1 saturated heterocycles. The van der Waals surface area contributed by atoms with Gasteiger partial charge in [-0.15, -0.1) is 0 Å². The SMILES string of the molecule is COc1ccccc1-n1c(=O)n(Cc2cccc(C)c2)c(=O)c2c(C(=O)N3CCCC3)cc(C)nc21. The maximum absolute atomic E-state index is 13.9. The highest BCUT2D eigenvalue weighted by molar-refractivity contribution is 6.05. The van der Waals surface area contributed by atoms with Gasteiger partial charge < -0.3 is 9.64 Å². The molecule has 0 N–H and O–H groups in total. The van der Waals surface area contributed by atoms with E-state index in [4.69, 9.17) is 4.74 Å². The zero-order valence-electron chi connectivity index (χ0n) is 20.7. The van der Waals surface area contributed by atoms with E-state index in [1.807, 2.05) is 31.2 Å². The normalized spacial score (nSPS) is 13.4. The number of amides is 1. The number of carbonyl (C=O) groups excluding carboxylic acids is 1. The monoisotopic (exact) mass is 484 g/mol. The second-order valence-corrected chi connectivity index (χ2v) is 9.18. The lowest BCUT2D eigenvalue weighted by molar-refractivity contribution is 0.0794. The van der Waals surface area contributed by atoms with Crippen LogP contribution in [0.4, 0.5) is 0 Å². The molecule has 8 heteroatoms. The number of fused-ring (bicyclic) bond motifs is 1. The highest BCUT2D eigenvalue weighted by Gasteiger charge is 2.27. The quantitative estimate of drug-likeness (QED) is 0.433. The summed E-state index contributed by atoms with van der Waals surface area (Å²) in [6.45, 7) is 5.07. The number of pyridine rings is 1. The lowest BCUT2D eigenvalue weighted by atomic mass is 10.1. The van der Waals surface area contributed by atoms with Crippen LogP contribution in [0.2, 0.25) is 0 Å². The summed E-state index contributed by atoms with van der Waals surface area (Å²) in [5, 5.41) is 0.135. The topological polar surface area (TPSA) is 86.4 Å². The smallest absolute Gasteiger partial charge is 0.337 e. The van der Waals surface area contributed by atoms with E-state index < -0.39 is 11.2 Å². The van der Waals surface area contributed by atoms with Crippen molar-refractivity contribution in [3.05, 3.63) is 97.8 Å². The van der Waals surface area contributed by atoms with Gasteiger partial charge in [-0.05, 0) is 50.5 Å². The standard InChI is InChI=1S/C28H28N4O4/c1-18-9-8-10-20(15-18)17-31-27(34)24-21(26(33)30-13-6-7-14-30)16-19(2)29-25(24)32(28(31)35)22-11-4-5-12-23(22)36-3/h4-5,8-12,15-16H,6-7,13-14,17H2,1-3H3. The molecule has 3 heterocycles. The van der Waals surface area contributed by atoms with Gasteiger partial charge in [0.05, 0.1) is 30.3 Å². The van der Waals surface area contributed by atoms with E-state index in [1.165, 1.54) is 16.2 Å². The molecule has 0 saturated carbocycles. The summed E-state index contributed by atoms with van der Waals surface area (Å²) >= 11 is 0. The van der Waals surface area contributed by atoms with Crippen molar-refractivity contribution in [1.82, 2.24) is 19.0 Å². The van der Waals surface area contributed by atoms with Crippen LogP contribution in [0.15, 0.2) is 64.2 Å². The fraction of sp³-hybridized carbons (Fsp3) is 0.286. The molecule has 0 spiro atoms. The lowest BCUT2D eigenvalue weighted by Gasteiger charge is -2.20. The maximum Gasteiger partial charge on any atom is 0.337 e. The van der Waals surface area contributed by atoms with E-state index in [1.54, 1.807) is 42.2 Å². The van der Waals surface area contributed by atoms with Crippen LogP contribution in [-0.4, -0.2) is 45.1 Å². The first-order chi connectivity index (χ1) is 17.4. The van der Waals surface area contributed by atoms with Crippen molar-refractivity contribution in [1.29, 1.82) is 0 Å². The number of likely N-dealkylation sites (tertiary alicyclic amines) is 1. The van der Waals surface area contributed by atoms with E-state index in [2.05, 4.69) is 4.98 Å². The molecule has 2 aromatic heterocycles. The van der Waals surface area contributed by atoms with Crippen molar-refractivity contribution < 1.29 is 9.53 Å². The number of hydrogen-bond donors (Lipinski definition) is 0. The first-order valence-corrected chi connectivity index (χ1v) is 12.0. The minimum Gasteiger partial charge on any atom is -0.495 e. The molecule has 1 amide bonds. The Morgan fingerprint density at radius 3 is 2.47 bits per heavy atom. The third-order valence-corrected chi connectivity index (χ3v) is 6.59. The number of rotatable bonds is 5.